The van der Waals surface area contributed by atoms with Crippen LogP contribution in [0.4, 0.5) is 4.39 Å². The van der Waals surface area contributed by atoms with Gasteiger partial charge in [-0.2, -0.15) is 0 Å². The lowest BCUT2D eigenvalue weighted by atomic mass is 10.0. The van der Waals surface area contributed by atoms with Crippen molar-refractivity contribution in [1.29, 1.82) is 0 Å². The lowest BCUT2D eigenvalue weighted by Crippen LogP contribution is -2.54. The largest absolute Gasteiger partial charge is 0.378 e. The Balaban J connectivity index is 1.62. The summed E-state index contributed by atoms with van der Waals surface area (Å²) in [5.74, 6) is -0.380. The number of halogens is 3. The minimum absolute atomic E-state index is 0.0199. The van der Waals surface area contributed by atoms with Crippen LogP contribution in [-0.4, -0.2) is 62.6 Å². The number of methoxy groups -OCH3 is 1. The molecular formula is C20H15Cl2FN6O2. The van der Waals surface area contributed by atoms with Crippen LogP contribution in [-0.2, 0) is 11.3 Å². The lowest BCUT2D eigenvalue weighted by Gasteiger charge is -2.37. The Kier molecular flexibility index (Phi) is 4.96. The Hall–Kier alpha value is -2.88. The molecule has 0 saturated carbocycles. The molecule has 0 unspecified atom stereocenters. The molecule has 0 aliphatic carbocycles. The molecule has 0 N–H and O–H groups in total. The van der Waals surface area contributed by atoms with E-state index in [1.807, 2.05) is 0 Å². The zero-order chi connectivity index (χ0) is 21.7. The molecular weight excluding hydrogens is 446 g/mol. The fourth-order valence-corrected chi connectivity index (χ4v) is 3.96. The fraction of sp³-hybridized carbons (Fsp3) is 0.250. The average molecular weight is 461 g/mol. The van der Waals surface area contributed by atoms with Gasteiger partial charge < -0.3 is 9.64 Å². The third-order valence-electron chi connectivity index (χ3n) is 5.23. The predicted octanol–water partition coefficient (Wildman–Crippen LogP) is 2.93. The Morgan fingerprint density at radius 3 is 2.81 bits per heavy atom. The van der Waals surface area contributed by atoms with E-state index in [9.17, 15) is 9.18 Å². The van der Waals surface area contributed by atoms with Crippen LogP contribution in [0.3, 0.4) is 0 Å². The molecule has 1 saturated heterocycles. The molecule has 1 fully saturated rings. The third kappa shape index (κ3) is 3.29. The number of ether oxygens (including phenoxy) is 1. The molecule has 4 heterocycles. The van der Waals surface area contributed by atoms with E-state index in [-0.39, 0.29) is 45.8 Å². The van der Waals surface area contributed by atoms with E-state index in [1.54, 1.807) is 24.1 Å². The van der Waals surface area contributed by atoms with Crippen molar-refractivity contribution in [2.24, 2.45) is 4.99 Å². The topological polar surface area (TPSA) is 85.5 Å². The smallest absolute Gasteiger partial charge is 0.293 e. The van der Waals surface area contributed by atoms with Gasteiger partial charge in [-0.25, -0.2) is 14.1 Å². The first-order chi connectivity index (χ1) is 15.0. The number of hydrogen-bond donors (Lipinski definition) is 0. The van der Waals surface area contributed by atoms with Gasteiger partial charge in [0.05, 0.1) is 34.1 Å². The van der Waals surface area contributed by atoms with E-state index in [4.69, 9.17) is 27.9 Å². The van der Waals surface area contributed by atoms with Crippen molar-refractivity contribution in [3.63, 3.8) is 0 Å². The van der Waals surface area contributed by atoms with Crippen molar-refractivity contribution in [3.8, 4) is 5.69 Å². The van der Waals surface area contributed by atoms with Gasteiger partial charge >= 0.3 is 0 Å². The lowest BCUT2D eigenvalue weighted by molar-refractivity contribution is -0.0197. The number of carbonyl (C=O) groups is 1. The molecule has 5 rings (SSSR count). The Labute approximate surface area is 186 Å². The van der Waals surface area contributed by atoms with Gasteiger partial charge in [0.25, 0.3) is 5.91 Å². The van der Waals surface area contributed by atoms with Crippen molar-refractivity contribution in [2.45, 2.75) is 12.6 Å². The first kappa shape index (κ1) is 20.0. The van der Waals surface area contributed by atoms with Gasteiger partial charge in [-0.1, -0.05) is 23.2 Å². The summed E-state index contributed by atoms with van der Waals surface area (Å²) in [7, 11) is 1.61. The molecule has 0 bridgehead atoms. The van der Waals surface area contributed by atoms with Gasteiger partial charge in [0.2, 0.25) is 5.82 Å². The highest BCUT2D eigenvalue weighted by Crippen LogP contribution is 2.35. The van der Waals surface area contributed by atoms with Gasteiger partial charge in [-0.15, -0.1) is 5.10 Å². The zero-order valence-corrected chi connectivity index (χ0v) is 17.7. The van der Waals surface area contributed by atoms with E-state index in [2.05, 4.69) is 20.1 Å². The van der Waals surface area contributed by atoms with Crippen molar-refractivity contribution < 1.29 is 13.9 Å². The normalized spacial score (nSPS) is 15.6. The van der Waals surface area contributed by atoms with Crippen molar-refractivity contribution in [3.05, 3.63) is 69.2 Å². The van der Waals surface area contributed by atoms with Gasteiger partial charge in [0.1, 0.15) is 5.69 Å². The van der Waals surface area contributed by atoms with Crippen molar-refractivity contribution in [1.82, 2.24) is 24.6 Å². The number of carbonyl (C=O) groups excluding carboxylic acids is 1. The number of pyridine rings is 1. The van der Waals surface area contributed by atoms with Crippen LogP contribution < -0.4 is 0 Å². The second-order valence-electron chi connectivity index (χ2n) is 7.09. The van der Waals surface area contributed by atoms with Crippen LogP contribution in [0.2, 0.25) is 10.0 Å². The molecule has 31 heavy (non-hydrogen) atoms. The van der Waals surface area contributed by atoms with Crippen molar-refractivity contribution >= 4 is 34.8 Å². The molecule has 0 atom stereocenters. The number of nitrogens with zero attached hydrogens (tertiary/aromatic N) is 6. The van der Waals surface area contributed by atoms with Gasteiger partial charge in [-0.3, -0.25) is 14.8 Å². The minimum Gasteiger partial charge on any atom is -0.378 e. The Bertz CT molecular complexity index is 1240. The molecule has 11 heteroatoms. The predicted molar refractivity (Wildman–Crippen MR) is 112 cm³/mol. The summed E-state index contributed by atoms with van der Waals surface area (Å²) in [6.07, 6.45) is 1.49. The van der Waals surface area contributed by atoms with Crippen LogP contribution >= 0.6 is 23.2 Å². The molecule has 1 aromatic carbocycles. The molecule has 158 valence electrons. The monoisotopic (exact) mass is 460 g/mol. The quantitative estimate of drug-likeness (QED) is 0.599. The number of hydrogen-bond acceptors (Lipinski definition) is 6. The molecule has 0 spiro atoms. The highest BCUT2D eigenvalue weighted by molar-refractivity contribution is 6.45. The van der Waals surface area contributed by atoms with Gasteiger partial charge in [-0.05, 0) is 24.3 Å². The van der Waals surface area contributed by atoms with E-state index >= 15 is 0 Å². The fourth-order valence-electron chi connectivity index (χ4n) is 3.55. The van der Waals surface area contributed by atoms with Crippen LogP contribution in [0.25, 0.3) is 5.69 Å². The summed E-state index contributed by atoms with van der Waals surface area (Å²) >= 11 is 12.8. The molecule has 2 aliphatic rings. The average Bonchev–Trinajstić information content (AvgIpc) is 3.09. The number of likely N-dealkylation sites (tertiary alicyclic amines) is 1. The van der Waals surface area contributed by atoms with E-state index in [0.717, 1.165) is 0 Å². The molecule has 8 nitrogen and oxygen atoms in total. The third-order valence-corrected chi connectivity index (χ3v) is 6.04. The summed E-state index contributed by atoms with van der Waals surface area (Å²) in [5.41, 5.74) is 1.14. The maximum absolute atomic E-state index is 14.5. The molecule has 3 aromatic rings. The van der Waals surface area contributed by atoms with Crippen molar-refractivity contribution in [2.75, 3.05) is 20.2 Å². The van der Waals surface area contributed by atoms with Crippen LogP contribution in [0.1, 0.15) is 27.7 Å². The zero-order valence-electron chi connectivity index (χ0n) is 16.2. The summed E-state index contributed by atoms with van der Waals surface area (Å²) in [6.45, 7) is 1.02. The van der Waals surface area contributed by atoms with Gasteiger partial charge in [0.15, 0.2) is 11.6 Å². The van der Waals surface area contributed by atoms with Crippen LogP contribution in [0, 0.1) is 5.82 Å². The number of aliphatic imine (C=N–C) groups is 1. The minimum atomic E-state index is -0.544. The molecule has 2 aromatic heterocycles. The second-order valence-corrected chi connectivity index (χ2v) is 7.87. The molecule has 0 radical (unpaired) electrons. The van der Waals surface area contributed by atoms with Gasteiger partial charge in [0, 0.05) is 32.0 Å². The van der Waals surface area contributed by atoms with Crippen LogP contribution in [0.15, 0.2) is 35.5 Å². The highest BCUT2D eigenvalue weighted by atomic mass is 35.5. The van der Waals surface area contributed by atoms with E-state index in [1.165, 1.54) is 23.0 Å². The Morgan fingerprint density at radius 2 is 2.06 bits per heavy atom. The van der Waals surface area contributed by atoms with Crippen LogP contribution in [0.5, 0.6) is 0 Å². The summed E-state index contributed by atoms with van der Waals surface area (Å²) in [5, 5.41) is 4.87. The number of rotatable bonds is 3. The number of amides is 1. The van der Waals surface area contributed by atoms with E-state index < -0.39 is 5.82 Å². The first-order valence-corrected chi connectivity index (χ1v) is 10.2. The number of benzene rings is 1. The molecule has 2 aliphatic heterocycles. The molecule has 1 amide bonds. The number of fused-ring (bicyclic) bond motifs is 3. The first-order valence-electron chi connectivity index (χ1n) is 9.40. The SMILES string of the molecule is COC1CN(C(=O)c2nc3n(n2)-c2ccc(Cl)c(Cl)c2C(c2ncccc2F)=NC3)C1. The summed E-state index contributed by atoms with van der Waals surface area (Å²) < 4.78 is 21.2. The Morgan fingerprint density at radius 1 is 1.26 bits per heavy atom. The second kappa shape index (κ2) is 7.67. The maximum Gasteiger partial charge on any atom is 0.293 e. The van der Waals surface area contributed by atoms with E-state index in [0.29, 0.717) is 30.2 Å². The standard InChI is InChI=1S/C20H15Cl2FN6O2/c1-31-10-8-28(9-10)20(30)19-26-14-7-25-18(17-12(23)3-2-6-24-17)15-13(29(14)27-19)5-4-11(21)16(15)22/h2-6,10H,7-9H2,1H3. The number of aromatic nitrogens is 4. The highest BCUT2D eigenvalue weighted by Gasteiger charge is 2.34. The maximum atomic E-state index is 14.5. The summed E-state index contributed by atoms with van der Waals surface area (Å²) in [6, 6.07) is 6.07. The summed E-state index contributed by atoms with van der Waals surface area (Å²) in [4.78, 5) is 27.4.